The lowest BCUT2D eigenvalue weighted by Gasteiger charge is -2.11. The van der Waals surface area contributed by atoms with Gasteiger partial charge in [-0.05, 0) is 25.0 Å². The second-order valence-corrected chi connectivity index (χ2v) is 3.47. The van der Waals surface area contributed by atoms with Crippen LogP contribution in [0, 0.1) is 0 Å². The number of hydrogen-bond acceptors (Lipinski definition) is 3. The summed E-state index contributed by atoms with van der Waals surface area (Å²) in [6.07, 6.45) is 2.18. The van der Waals surface area contributed by atoms with Crippen molar-refractivity contribution in [1.29, 1.82) is 0 Å². The predicted molar refractivity (Wildman–Crippen MR) is 53.9 cm³/mol. The Kier molecular flexibility index (Phi) is 3.25. The van der Waals surface area contributed by atoms with E-state index >= 15 is 0 Å². The summed E-state index contributed by atoms with van der Waals surface area (Å²) in [7, 11) is 3.91. The van der Waals surface area contributed by atoms with E-state index in [1.165, 1.54) is 0 Å². The Bertz CT molecular complexity index is 254. The Morgan fingerprint density at radius 1 is 1.46 bits per heavy atom. The average Bonchev–Trinajstić information content (AvgIpc) is 2.04. The van der Waals surface area contributed by atoms with E-state index in [1.54, 1.807) is 6.92 Å². The lowest BCUT2D eigenvalue weighted by molar-refractivity contribution is 0.195. The number of hydrogen-bond donors (Lipinski definition) is 1. The highest BCUT2D eigenvalue weighted by molar-refractivity contribution is 5.37. The molecule has 0 bridgehead atoms. The van der Waals surface area contributed by atoms with Crippen molar-refractivity contribution in [3.63, 3.8) is 0 Å². The van der Waals surface area contributed by atoms with E-state index in [-0.39, 0.29) is 6.10 Å². The highest BCUT2D eigenvalue weighted by atomic mass is 16.3. The second-order valence-electron chi connectivity index (χ2n) is 3.47. The molecule has 0 aliphatic rings. The van der Waals surface area contributed by atoms with E-state index in [0.717, 1.165) is 11.4 Å². The molecule has 3 heteroatoms. The van der Waals surface area contributed by atoms with Crippen LogP contribution in [0.15, 0.2) is 18.3 Å². The molecule has 13 heavy (non-hydrogen) atoms. The van der Waals surface area contributed by atoms with Crippen molar-refractivity contribution in [3.05, 3.63) is 23.9 Å². The molecule has 0 radical (unpaired) electrons. The van der Waals surface area contributed by atoms with E-state index in [2.05, 4.69) is 4.98 Å². The fraction of sp³-hybridized carbons (Fsp3) is 0.500. The van der Waals surface area contributed by atoms with Crippen LogP contribution in [0.3, 0.4) is 0 Å². The van der Waals surface area contributed by atoms with Crippen molar-refractivity contribution in [2.75, 3.05) is 19.0 Å². The van der Waals surface area contributed by atoms with Gasteiger partial charge < -0.3 is 10.0 Å². The third-order valence-corrected chi connectivity index (χ3v) is 1.80. The summed E-state index contributed by atoms with van der Waals surface area (Å²) in [5.41, 5.74) is 1.07. The third-order valence-electron chi connectivity index (χ3n) is 1.80. The molecular formula is C10H16N2O. The minimum absolute atomic E-state index is 0.299. The molecule has 1 rings (SSSR count). The van der Waals surface area contributed by atoms with Gasteiger partial charge in [0.05, 0.1) is 6.10 Å². The molecule has 1 aromatic rings. The van der Waals surface area contributed by atoms with Gasteiger partial charge in [0.15, 0.2) is 0 Å². The summed E-state index contributed by atoms with van der Waals surface area (Å²) >= 11 is 0. The standard InChI is InChI=1S/C10H16N2O/c1-8(13)6-9-4-5-10(11-7-9)12(2)3/h4-5,7-8,13H,6H2,1-3H3/t8-/m1/s1. The summed E-state index contributed by atoms with van der Waals surface area (Å²) in [5.74, 6) is 0.939. The van der Waals surface area contributed by atoms with Crippen LogP contribution in [0.5, 0.6) is 0 Å². The van der Waals surface area contributed by atoms with Crippen LogP contribution in [0.1, 0.15) is 12.5 Å². The van der Waals surface area contributed by atoms with Crippen molar-refractivity contribution in [2.24, 2.45) is 0 Å². The minimum Gasteiger partial charge on any atom is -0.393 e. The summed E-state index contributed by atoms with van der Waals surface area (Å²) in [5, 5.41) is 9.15. The number of aliphatic hydroxyl groups excluding tert-OH is 1. The topological polar surface area (TPSA) is 36.4 Å². The molecule has 0 amide bonds. The highest BCUT2D eigenvalue weighted by Crippen LogP contribution is 2.09. The molecule has 0 saturated carbocycles. The summed E-state index contributed by atoms with van der Waals surface area (Å²) in [4.78, 5) is 6.20. The molecule has 0 fully saturated rings. The van der Waals surface area contributed by atoms with Gasteiger partial charge in [0.1, 0.15) is 5.82 Å². The fourth-order valence-corrected chi connectivity index (χ4v) is 1.14. The Hall–Kier alpha value is -1.09. The van der Waals surface area contributed by atoms with Gasteiger partial charge in [-0.15, -0.1) is 0 Å². The van der Waals surface area contributed by atoms with Gasteiger partial charge in [0.25, 0.3) is 0 Å². The molecule has 1 atom stereocenters. The highest BCUT2D eigenvalue weighted by Gasteiger charge is 2.00. The number of anilines is 1. The SMILES string of the molecule is C[C@@H](O)Cc1ccc(N(C)C)nc1. The van der Waals surface area contributed by atoms with Crippen molar-refractivity contribution >= 4 is 5.82 Å². The second kappa shape index (κ2) is 4.23. The van der Waals surface area contributed by atoms with Gasteiger partial charge in [0, 0.05) is 20.3 Å². The number of pyridine rings is 1. The maximum absolute atomic E-state index is 9.15. The van der Waals surface area contributed by atoms with Crippen LogP contribution in [-0.4, -0.2) is 30.3 Å². The minimum atomic E-state index is -0.299. The first-order valence-electron chi connectivity index (χ1n) is 4.40. The normalized spacial score (nSPS) is 12.6. The van der Waals surface area contributed by atoms with Gasteiger partial charge in [-0.2, -0.15) is 0 Å². The van der Waals surface area contributed by atoms with Crippen LogP contribution >= 0.6 is 0 Å². The largest absolute Gasteiger partial charge is 0.393 e. The molecule has 0 unspecified atom stereocenters. The molecule has 1 N–H and O–H groups in total. The van der Waals surface area contributed by atoms with Crippen LogP contribution in [0.25, 0.3) is 0 Å². The van der Waals surface area contributed by atoms with E-state index < -0.39 is 0 Å². The number of aliphatic hydroxyl groups is 1. The first-order chi connectivity index (χ1) is 6.09. The Morgan fingerprint density at radius 2 is 2.15 bits per heavy atom. The van der Waals surface area contributed by atoms with Gasteiger partial charge in [-0.25, -0.2) is 4.98 Å². The number of rotatable bonds is 3. The zero-order chi connectivity index (χ0) is 9.84. The van der Waals surface area contributed by atoms with Crippen molar-refractivity contribution in [1.82, 2.24) is 4.98 Å². The molecule has 72 valence electrons. The molecule has 1 heterocycles. The maximum Gasteiger partial charge on any atom is 0.127 e. The van der Waals surface area contributed by atoms with Gasteiger partial charge in [-0.3, -0.25) is 0 Å². The smallest absolute Gasteiger partial charge is 0.127 e. The van der Waals surface area contributed by atoms with Crippen molar-refractivity contribution in [2.45, 2.75) is 19.4 Å². The zero-order valence-electron chi connectivity index (χ0n) is 8.36. The van der Waals surface area contributed by atoms with Crippen LogP contribution in [-0.2, 0) is 6.42 Å². The van der Waals surface area contributed by atoms with Gasteiger partial charge in [0.2, 0.25) is 0 Å². The molecular weight excluding hydrogens is 164 g/mol. The van der Waals surface area contributed by atoms with E-state index in [4.69, 9.17) is 5.11 Å². The van der Waals surface area contributed by atoms with Crippen LogP contribution in [0.2, 0.25) is 0 Å². The van der Waals surface area contributed by atoms with E-state index in [0.29, 0.717) is 6.42 Å². The molecule has 0 aliphatic carbocycles. The first-order valence-corrected chi connectivity index (χ1v) is 4.40. The molecule has 1 aromatic heterocycles. The summed E-state index contributed by atoms with van der Waals surface area (Å²) in [6.45, 7) is 1.78. The molecule has 0 aliphatic heterocycles. The van der Waals surface area contributed by atoms with Gasteiger partial charge in [-0.1, -0.05) is 6.07 Å². The average molecular weight is 180 g/mol. The Labute approximate surface area is 79.0 Å². The number of nitrogens with zero attached hydrogens (tertiary/aromatic N) is 2. The van der Waals surface area contributed by atoms with E-state index in [9.17, 15) is 0 Å². The van der Waals surface area contributed by atoms with Crippen molar-refractivity contribution < 1.29 is 5.11 Å². The maximum atomic E-state index is 9.15. The fourth-order valence-electron chi connectivity index (χ4n) is 1.14. The first kappa shape index (κ1) is 9.99. The molecule has 3 nitrogen and oxygen atoms in total. The van der Waals surface area contributed by atoms with Gasteiger partial charge >= 0.3 is 0 Å². The zero-order valence-corrected chi connectivity index (χ0v) is 8.36. The Morgan fingerprint density at radius 3 is 2.54 bits per heavy atom. The van der Waals surface area contributed by atoms with E-state index in [1.807, 2.05) is 37.3 Å². The third kappa shape index (κ3) is 3.03. The number of aromatic nitrogens is 1. The molecule has 0 aromatic carbocycles. The summed E-state index contributed by atoms with van der Waals surface area (Å²) < 4.78 is 0. The van der Waals surface area contributed by atoms with Crippen LogP contribution in [0.4, 0.5) is 5.82 Å². The monoisotopic (exact) mass is 180 g/mol. The summed E-state index contributed by atoms with van der Waals surface area (Å²) in [6, 6.07) is 3.95. The molecule has 0 spiro atoms. The lowest BCUT2D eigenvalue weighted by atomic mass is 10.1. The molecule has 0 saturated heterocycles. The van der Waals surface area contributed by atoms with Crippen molar-refractivity contribution in [3.8, 4) is 0 Å². The quantitative estimate of drug-likeness (QED) is 0.756. The predicted octanol–water partition coefficient (Wildman–Crippen LogP) is 1.07. The lowest BCUT2D eigenvalue weighted by Crippen LogP contribution is -2.11. The van der Waals surface area contributed by atoms with Crippen LogP contribution < -0.4 is 4.90 Å². The Balaban J connectivity index is 2.70.